The van der Waals surface area contributed by atoms with Gasteiger partial charge in [-0.1, -0.05) is 33.2 Å². The van der Waals surface area contributed by atoms with E-state index in [1.165, 1.54) is 5.56 Å². The molecule has 0 radical (unpaired) electrons. The van der Waals surface area contributed by atoms with Crippen molar-refractivity contribution >= 4 is 15.9 Å². The molecular weight excluding hydrogens is 336 g/mol. The quantitative estimate of drug-likeness (QED) is 0.904. The van der Waals surface area contributed by atoms with Crippen molar-refractivity contribution in [2.75, 3.05) is 19.7 Å². The first-order valence-corrected chi connectivity index (χ1v) is 7.65. The van der Waals surface area contributed by atoms with Crippen molar-refractivity contribution in [2.24, 2.45) is 5.73 Å². The van der Waals surface area contributed by atoms with Crippen molar-refractivity contribution in [1.29, 1.82) is 0 Å². The lowest BCUT2D eigenvalue weighted by atomic mass is 10.1. The number of hydrogen-bond acceptors (Lipinski definition) is 6. The maximum absolute atomic E-state index is 5.86. The average Bonchev–Trinajstić information content (AvgIpc) is 2.96. The van der Waals surface area contributed by atoms with E-state index in [-0.39, 0.29) is 12.6 Å². The number of morpholine rings is 1. The fourth-order valence-corrected chi connectivity index (χ4v) is 2.63. The van der Waals surface area contributed by atoms with E-state index in [1.54, 1.807) is 0 Å². The van der Waals surface area contributed by atoms with E-state index in [0.717, 1.165) is 17.6 Å². The Morgan fingerprint density at radius 1 is 1.33 bits per heavy atom. The van der Waals surface area contributed by atoms with Crippen molar-refractivity contribution in [3.8, 4) is 0 Å². The highest BCUT2D eigenvalue weighted by Gasteiger charge is 2.23. The summed E-state index contributed by atoms with van der Waals surface area (Å²) in [6.45, 7) is 3.30. The third-order valence-corrected chi connectivity index (χ3v) is 3.97. The molecule has 1 aliphatic heterocycles. The number of halogens is 1. The van der Waals surface area contributed by atoms with Gasteiger partial charge in [0.15, 0.2) is 5.82 Å². The zero-order valence-corrected chi connectivity index (χ0v) is 13.1. The van der Waals surface area contributed by atoms with Crippen LogP contribution in [0.25, 0.3) is 0 Å². The van der Waals surface area contributed by atoms with Gasteiger partial charge in [0.25, 0.3) is 0 Å². The summed E-state index contributed by atoms with van der Waals surface area (Å²) in [5, 5.41) is 3.94. The van der Waals surface area contributed by atoms with Crippen molar-refractivity contribution in [3.63, 3.8) is 0 Å². The zero-order chi connectivity index (χ0) is 14.7. The van der Waals surface area contributed by atoms with Gasteiger partial charge < -0.3 is 15.0 Å². The molecule has 21 heavy (non-hydrogen) atoms. The minimum atomic E-state index is 0.0766. The molecule has 1 saturated heterocycles. The number of nitrogens with zero attached hydrogens (tertiary/aromatic N) is 3. The van der Waals surface area contributed by atoms with E-state index in [2.05, 4.69) is 43.1 Å². The summed E-state index contributed by atoms with van der Waals surface area (Å²) in [4.78, 5) is 6.51. The monoisotopic (exact) mass is 352 g/mol. The summed E-state index contributed by atoms with van der Waals surface area (Å²) >= 11 is 3.45. The molecule has 0 amide bonds. The summed E-state index contributed by atoms with van der Waals surface area (Å²) in [5.74, 6) is 1.15. The van der Waals surface area contributed by atoms with Gasteiger partial charge >= 0.3 is 0 Å². The molecule has 7 heteroatoms. The van der Waals surface area contributed by atoms with Crippen LogP contribution in [-0.2, 0) is 17.8 Å². The Bertz CT molecular complexity index is 587. The molecule has 0 aliphatic carbocycles. The lowest BCUT2D eigenvalue weighted by Crippen LogP contribution is -2.38. The van der Waals surface area contributed by atoms with E-state index in [4.69, 9.17) is 15.0 Å². The highest BCUT2D eigenvalue weighted by Crippen LogP contribution is 2.24. The van der Waals surface area contributed by atoms with Crippen LogP contribution in [0.15, 0.2) is 33.3 Å². The van der Waals surface area contributed by atoms with Gasteiger partial charge in [-0.05, 0) is 17.7 Å². The first-order valence-electron chi connectivity index (χ1n) is 6.85. The van der Waals surface area contributed by atoms with Crippen LogP contribution in [0.2, 0.25) is 0 Å². The van der Waals surface area contributed by atoms with Crippen LogP contribution in [0.3, 0.4) is 0 Å². The summed E-state index contributed by atoms with van der Waals surface area (Å²) in [6, 6.07) is 8.23. The third-order valence-electron chi connectivity index (χ3n) is 3.44. The molecule has 0 spiro atoms. The van der Waals surface area contributed by atoms with Crippen molar-refractivity contribution in [2.45, 2.75) is 19.2 Å². The maximum atomic E-state index is 5.86. The molecule has 2 aromatic rings. The Morgan fingerprint density at radius 3 is 2.86 bits per heavy atom. The fraction of sp³-hybridized carbons (Fsp3) is 0.429. The predicted octanol–water partition coefficient (Wildman–Crippen LogP) is 1.86. The molecule has 0 saturated carbocycles. The average molecular weight is 353 g/mol. The smallest absolute Gasteiger partial charge is 0.240 e. The second kappa shape index (κ2) is 6.65. The third kappa shape index (κ3) is 3.68. The molecular formula is C14H17BrN4O2. The summed E-state index contributed by atoms with van der Waals surface area (Å²) in [7, 11) is 0. The van der Waals surface area contributed by atoms with Crippen molar-refractivity contribution < 1.29 is 9.26 Å². The Kier molecular flexibility index (Phi) is 4.64. The normalized spacial score (nSPS) is 19.8. The van der Waals surface area contributed by atoms with Crippen LogP contribution >= 0.6 is 15.9 Å². The molecule has 1 unspecified atom stereocenters. The SMILES string of the molecule is NCc1nc(CN2CCOC(c3ccc(Br)cc3)C2)no1. The van der Waals surface area contributed by atoms with E-state index in [0.29, 0.717) is 24.9 Å². The molecule has 3 rings (SSSR count). The summed E-state index contributed by atoms with van der Waals surface area (Å²) in [5.41, 5.74) is 6.65. The fourth-order valence-electron chi connectivity index (χ4n) is 2.36. The largest absolute Gasteiger partial charge is 0.371 e. The first-order chi connectivity index (χ1) is 10.2. The van der Waals surface area contributed by atoms with Gasteiger partial charge in [0.1, 0.15) is 0 Å². The molecule has 2 N–H and O–H groups in total. The molecule has 6 nitrogen and oxygen atoms in total. The Hall–Kier alpha value is -1.28. The second-order valence-corrected chi connectivity index (χ2v) is 5.87. The van der Waals surface area contributed by atoms with E-state index < -0.39 is 0 Å². The molecule has 1 atom stereocenters. The number of benzene rings is 1. The van der Waals surface area contributed by atoms with Gasteiger partial charge in [0.05, 0.1) is 25.8 Å². The van der Waals surface area contributed by atoms with Gasteiger partial charge in [-0.25, -0.2) is 0 Å². The highest BCUT2D eigenvalue weighted by molar-refractivity contribution is 9.10. The Balaban J connectivity index is 1.63. The van der Waals surface area contributed by atoms with Gasteiger partial charge in [0.2, 0.25) is 5.89 Å². The van der Waals surface area contributed by atoms with Crippen molar-refractivity contribution in [3.05, 3.63) is 46.0 Å². The summed E-state index contributed by atoms with van der Waals surface area (Å²) in [6.07, 6.45) is 0.0766. The van der Waals surface area contributed by atoms with Gasteiger partial charge in [-0.2, -0.15) is 4.98 Å². The maximum Gasteiger partial charge on any atom is 0.240 e. The second-order valence-electron chi connectivity index (χ2n) is 4.95. The zero-order valence-electron chi connectivity index (χ0n) is 11.5. The molecule has 1 fully saturated rings. The first kappa shape index (κ1) is 14.6. The lowest BCUT2D eigenvalue weighted by Gasteiger charge is -2.32. The molecule has 0 bridgehead atoms. The van der Waals surface area contributed by atoms with E-state index in [9.17, 15) is 0 Å². The highest BCUT2D eigenvalue weighted by atomic mass is 79.9. The van der Waals surface area contributed by atoms with Crippen LogP contribution in [0, 0.1) is 0 Å². The minimum Gasteiger partial charge on any atom is -0.371 e. The standard InChI is InChI=1S/C14H17BrN4O2/c15-11-3-1-10(2-4-11)12-8-19(5-6-20-12)9-13-17-14(7-16)21-18-13/h1-4,12H,5-9,16H2. The number of ether oxygens (including phenoxy) is 1. The van der Waals surface area contributed by atoms with E-state index >= 15 is 0 Å². The van der Waals surface area contributed by atoms with Gasteiger partial charge in [-0.15, -0.1) is 0 Å². The number of nitrogens with two attached hydrogens (primary N) is 1. The molecule has 1 aromatic carbocycles. The number of aromatic nitrogens is 2. The Morgan fingerprint density at radius 2 is 2.14 bits per heavy atom. The molecule has 1 aromatic heterocycles. The van der Waals surface area contributed by atoms with Crippen LogP contribution in [0.4, 0.5) is 0 Å². The van der Waals surface area contributed by atoms with Crippen LogP contribution in [-0.4, -0.2) is 34.7 Å². The number of rotatable bonds is 4. The van der Waals surface area contributed by atoms with E-state index in [1.807, 2.05) is 12.1 Å². The molecule has 2 heterocycles. The molecule has 112 valence electrons. The predicted molar refractivity (Wildman–Crippen MR) is 80.3 cm³/mol. The van der Waals surface area contributed by atoms with Gasteiger partial charge in [0, 0.05) is 17.6 Å². The van der Waals surface area contributed by atoms with Crippen LogP contribution < -0.4 is 5.73 Å². The topological polar surface area (TPSA) is 77.4 Å². The van der Waals surface area contributed by atoms with Crippen molar-refractivity contribution in [1.82, 2.24) is 15.0 Å². The van der Waals surface area contributed by atoms with Crippen LogP contribution in [0.5, 0.6) is 0 Å². The molecule has 1 aliphatic rings. The van der Waals surface area contributed by atoms with Crippen LogP contribution in [0.1, 0.15) is 23.4 Å². The lowest BCUT2D eigenvalue weighted by molar-refractivity contribution is -0.0338. The van der Waals surface area contributed by atoms with Gasteiger partial charge in [-0.3, -0.25) is 4.90 Å². The Labute approximate surface area is 131 Å². The number of hydrogen-bond donors (Lipinski definition) is 1. The summed E-state index contributed by atoms with van der Waals surface area (Å²) < 4.78 is 12.0. The minimum absolute atomic E-state index is 0.0766.